The molecule has 37 heavy (non-hydrogen) atoms. The van der Waals surface area contributed by atoms with Crippen LogP contribution in [0.2, 0.25) is 0 Å². The van der Waals surface area contributed by atoms with Crippen LogP contribution in [0, 0.1) is 25.2 Å². The van der Waals surface area contributed by atoms with Crippen LogP contribution in [0.4, 0.5) is 13.2 Å². The van der Waals surface area contributed by atoms with Gasteiger partial charge in [0.25, 0.3) is 5.56 Å². The molecule has 0 saturated carbocycles. The molecule has 188 valence electrons. The highest BCUT2D eigenvalue weighted by Crippen LogP contribution is 2.34. The predicted molar refractivity (Wildman–Crippen MR) is 134 cm³/mol. The van der Waals surface area contributed by atoms with Gasteiger partial charge < -0.3 is 14.0 Å². The minimum atomic E-state index is -4.87. The Kier molecular flexibility index (Phi) is 7.07. The van der Waals surface area contributed by atoms with E-state index in [0.29, 0.717) is 22.8 Å². The fourth-order valence-electron chi connectivity index (χ4n) is 4.04. The molecule has 5 nitrogen and oxygen atoms in total. The summed E-state index contributed by atoms with van der Waals surface area (Å²) in [6, 6.07) is 21.3. The van der Waals surface area contributed by atoms with Crippen molar-refractivity contribution >= 4 is 0 Å². The van der Waals surface area contributed by atoms with Crippen LogP contribution >= 0.6 is 0 Å². The minimum Gasteiger partial charge on any atom is -0.497 e. The number of aryl methyl sites for hydroxylation is 2. The number of hydrogen-bond acceptors (Lipinski definition) is 4. The Balaban J connectivity index is 1.80. The number of alkyl halides is 3. The van der Waals surface area contributed by atoms with E-state index in [1.54, 1.807) is 55.6 Å². The van der Waals surface area contributed by atoms with Crippen molar-refractivity contribution < 1.29 is 22.6 Å². The summed E-state index contributed by atoms with van der Waals surface area (Å²) in [6.07, 6.45) is -4.87. The Labute approximate surface area is 211 Å². The first-order valence-electron chi connectivity index (χ1n) is 11.3. The van der Waals surface area contributed by atoms with E-state index in [0.717, 1.165) is 22.8 Å². The van der Waals surface area contributed by atoms with Gasteiger partial charge in [0.05, 0.1) is 24.9 Å². The first-order valence-corrected chi connectivity index (χ1v) is 11.3. The highest BCUT2D eigenvalue weighted by Gasteiger charge is 2.36. The molecule has 0 atom stereocenters. The number of aromatic nitrogens is 1. The number of nitriles is 1. The van der Waals surface area contributed by atoms with Gasteiger partial charge in [-0.15, -0.1) is 0 Å². The van der Waals surface area contributed by atoms with Gasteiger partial charge in [0.2, 0.25) is 0 Å². The van der Waals surface area contributed by atoms with Gasteiger partial charge in [-0.1, -0.05) is 23.8 Å². The van der Waals surface area contributed by atoms with Crippen LogP contribution in [0.1, 0.15) is 27.8 Å². The number of pyridine rings is 1. The van der Waals surface area contributed by atoms with Gasteiger partial charge in [-0.2, -0.15) is 18.4 Å². The summed E-state index contributed by atoms with van der Waals surface area (Å²) in [6.45, 7) is 3.81. The second-order valence-corrected chi connectivity index (χ2v) is 8.55. The van der Waals surface area contributed by atoms with Crippen molar-refractivity contribution in [3.05, 3.63) is 111 Å². The predicted octanol–water partition coefficient (Wildman–Crippen LogP) is 6.87. The minimum absolute atomic E-state index is 0.0111. The van der Waals surface area contributed by atoms with Crippen molar-refractivity contribution in [3.63, 3.8) is 0 Å². The number of nitrogens with zero attached hydrogens (tertiary/aromatic N) is 2. The summed E-state index contributed by atoms with van der Waals surface area (Å²) in [7, 11) is 1.56. The quantitative estimate of drug-likeness (QED) is 0.287. The van der Waals surface area contributed by atoms with Crippen molar-refractivity contribution in [1.82, 2.24) is 4.57 Å². The maximum atomic E-state index is 13.8. The third-order valence-corrected chi connectivity index (χ3v) is 5.99. The molecule has 0 bridgehead atoms. The van der Waals surface area contributed by atoms with Crippen molar-refractivity contribution in [2.45, 2.75) is 26.6 Å². The van der Waals surface area contributed by atoms with Crippen LogP contribution in [0.15, 0.2) is 77.6 Å². The molecule has 0 aliphatic heterocycles. The summed E-state index contributed by atoms with van der Waals surface area (Å²) in [5.74, 6) is 1.69. The number of benzene rings is 3. The lowest BCUT2D eigenvalue weighted by Gasteiger charge is -2.19. The third kappa shape index (κ3) is 5.51. The van der Waals surface area contributed by atoms with Crippen LogP contribution in [-0.4, -0.2) is 11.7 Å². The van der Waals surface area contributed by atoms with E-state index in [4.69, 9.17) is 9.47 Å². The first-order chi connectivity index (χ1) is 17.6. The van der Waals surface area contributed by atoms with Gasteiger partial charge in [-0.25, -0.2) is 0 Å². The largest absolute Gasteiger partial charge is 0.497 e. The molecule has 3 aromatic carbocycles. The van der Waals surface area contributed by atoms with Crippen LogP contribution in [0.3, 0.4) is 0 Å². The van der Waals surface area contributed by atoms with E-state index < -0.39 is 22.9 Å². The van der Waals surface area contributed by atoms with E-state index in [9.17, 15) is 23.2 Å². The molecule has 1 heterocycles. The standard InChI is InChI=1S/C29H23F3N2O3/c1-18-4-5-21(19(2)14-18)17-34-27(15-26(29(30,31)32)25(16-33)28(34)35)20-6-8-23(9-7-20)37-24-12-10-22(36-3)11-13-24/h4-15H,17H2,1-3H3. The Bertz CT molecular complexity index is 1530. The molecule has 0 amide bonds. The average Bonchev–Trinajstić information content (AvgIpc) is 2.86. The number of hydrogen-bond donors (Lipinski definition) is 0. The molecule has 4 aromatic rings. The van der Waals surface area contributed by atoms with E-state index in [1.807, 2.05) is 32.0 Å². The summed E-state index contributed by atoms with van der Waals surface area (Å²) in [5.41, 5.74) is -0.0917. The van der Waals surface area contributed by atoms with Crippen molar-refractivity contribution in [1.29, 1.82) is 5.26 Å². The molecular formula is C29H23F3N2O3. The van der Waals surface area contributed by atoms with Crippen LogP contribution in [-0.2, 0) is 12.7 Å². The van der Waals surface area contributed by atoms with Crippen molar-refractivity contribution in [3.8, 4) is 34.6 Å². The number of rotatable bonds is 6. The second-order valence-electron chi connectivity index (χ2n) is 8.55. The summed E-state index contributed by atoms with van der Waals surface area (Å²) < 4.78 is 53.6. The monoisotopic (exact) mass is 504 g/mol. The summed E-state index contributed by atoms with van der Waals surface area (Å²) >= 11 is 0. The highest BCUT2D eigenvalue weighted by molar-refractivity contribution is 5.64. The number of ether oxygens (including phenoxy) is 2. The first kappa shape index (κ1) is 25.6. The SMILES string of the molecule is COc1ccc(Oc2ccc(-c3cc(C(F)(F)F)c(C#N)c(=O)n3Cc3ccc(C)cc3C)cc2)cc1. The van der Waals surface area contributed by atoms with Crippen molar-refractivity contribution in [2.75, 3.05) is 7.11 Å². The number of methoxy groups -OCH3 is 1. The Morgan fingerprint density at radius 1 is 0.892 bits per heavy atom. The van der Waals surface area contributed by atoms with Crippen LogP contribution < -0.4 is 15.0 Å². The fraction of sp³-hybridized carbons (Fsp3) is 0.172. The Hall–Kier alpha value is -4.51. The summed E-state index contributed by atoms with van der Waals surface area (Å²) in [5, 5.41) is 9.43. The average molecular weight is 505 g/mol. The van der Waals surface area contributed by atoms with Crippen LogP contribution in [0.5, 0.6) is 17.2 Å². The lowest BCUT2D eigenvalue weighted by atomic mass is 10.0. The molecule has 1 aromatic heterocycles. The highest BCUT2D eigenvalue weighted by atomic mass is 19.4. The third-order valence-electron chi connectivity index (χ3n) is 5.99. The zero-order valence-electron chi connectivity index (χ0n) is 20.4. The van der Waals surface area contributed by atoms with Gasteiger partial charge in [0, 0.05) is 0 Å². The lowest BCUT2D eigenvalue weighted by Crippen LogP contribution is -2.29. The van der Waals surface area contributed by atoms with Gasteiger partial charge in [0.15, 0.2) is 0 Å². The van der Waals surface area contributed by atoms with E-state index in [1.165, 1.54) is 10.6 Å². The molecule has 0 radical (unpaired) electrons. The lowest BCUT2D eigenvalue weighted by molar-refractivity contribution is -0.137. The molecule has 0 spiro atoms. The van der Waals surface area contributed by atoms with E-state index >= 15 is 0 Å². The molecule has 4 rings (SSSR count). The Morgan fingerprint density at radius 2 is 1.49 bits per heavy atom. The maximum absolute atomic E-state index is 13.8. The van der Waals surface area contributed by atoms with Gasteiger partial charge >= 0.3 is 6.18 Å². The zero-order chi connectivity index (χ0) is 26.7. The smallest absolute Gasteiger partial charge is 0.417 e. The topological polar surface area (TPSA) is 64.2 Å². The molecular weight excluding hydrogens is 481 g/mol. The molecule has 0 saturated heterocycles. The van der Waals surface area contributed by atoms with Crippen molar-refractivity contribution in [2.24, 2.45) is 0 Å². The molecule has 0 aliphatic rings. The van der Waals surface area contributed by atoms with E-state index in [2.05, 4.69) is 0 Å². The summed E-state index contributed by atoms with van der Waals surface area (Å²) in [4.78, 5) is 13.2. The Morgan fingerprint density at radius 3 is 2.03 bits per heavy atom. The molecule has 8 heteroatoms. The maximum Gasteiger partial charge on any atom is 0.417 e. The second kappa shape index (κ2) is 10.2. The van der Waals surface area contributed by atoms with Crippen LogP contribution in [0.25, 0.3) is 11.3 Å². The molecule has 0 N–H and O–H groups in total. The van der Waals surface area contributed by atoms with Gasteiger partial charge in [-0.3, -0.25) is 4.79 Å². The number of halogens is 3. The zero-order valence-corrected chi connectivity index (χ0v) is 20.4. The molecule has 0 aliphatic carbocycles. The van der Waals surface area contributed by atoms with Gasteiger partial charge in [-0.05, 0) is 85.1 Å². The fourth-order valence-corrected chi connectivity index (χ4v) is 4.04. The van der Waals surface area contributed by atoms with Gasteiger partial charge in [0.1, 0.15) is 28.9 Å². The normalized spacial score (nSPS) is 11.2. The molecule has 0 fully saturated rings. The molecule has 0 unspecified atom stereocenters. The van der Waals surface area contributed by atoms with E-state index in [-0.39, 0.29) is 12.2 Å².